The van der Waals surface area contributed by atoms with E-state index in [1.807, 2.05) is 24.3 Å². The zero-order chi connectivity index (χ0) is 15.8. The number of nitrogens with two attached hydrogens (primary N) is 1. The summed E-state index contributed by atoms with van der Waals surface area (Å²) < 4.78 is 28.3. The van der Waals surface area contributed by atoms with Crippen LogP contribution in [0.5, 0.6) is 0 Å². The summed E-state index contributed by atoms with van der Waals surface area (Å²) in [6, 6.07) is 7.66. The number of rotatable bonds is 6. The predicted octanol–water partition coefficient (Wildman–Crippen LogP) is 1.98. The molecule has 8 heteroatoms. The first-order valence-electron chi connectivity index (χ1n) is 7.19. The van der Waals surface area contributed by atoms with Crippen LogP contribution in [0.2, 0.25) is 0 Å². The highest BCUT2D eigenvalue weighted by Crippen LogP contribution is 2.49. The molecular weight excluding hydrogens is 338 g/mol. The first-order chi connectivity index (χ1) is 10.4. The molecule has 0 radical (unpaired) electrons. The second-order valence-corrected chi connectivity index (χ2v) is 8.30. The van der Waals surface area contributed by atoms with Crippen molar-refractivity contribution in [3.05, 3.63) is 35.7 Å². The van der Waals surface area contributed by atoms with Crippen LogP contribution in [0.4, 0.5) is 0 Å². The lowest BCUT2D eigenvalue weighted by molar-refractivity contribution is 0.353. The maximum atomic E-state index is 11.5. The van der Waals surface area contributed by atoms with Crippen molar-refractivity contribution >= 4 is 22.2 Å². The maximum absolute atomic E-state index is 11.5. The largest absolute Gasteiger partial charge is 0.339 e. The van der Waals surface area contributed by atoms with Gasteiger partial charge in [-0.1, -0.05) is 29.4 Å². The van der Waals surface area contributed by atoms with Crippen LogP contribution in [0.3, 0.4) is 0 Å². The second-order valence-electron chi connectivity index (χ2n) is 6.16. The van der Waals surface area contributed by atoms with E-state index < -0.39 is 9.84 Å². The summed E-state index contributed by atoms with van der Waals surface area (Å²) in [7, 11) is -2.99. The van der Waals surface area contributed by atoms with Crippen LogP contribution in [-0.2, 0) is 22.8 Å². The van der Waals surface area contributed by atoms with Crippen molar-refractivity contribution in [2.75, 3.05) is 12.0 Å². The Balaban J connectivity index is 0.00000192. The van der Waals surface area contributed by atoms with Crippen LogP contribution < -0.4 is 5.73 Å². The Bertz CT molecular complexity index is 768. The summed E-state index contributed by atoms with van der Waals surface area (Å²) >= 11 is 0. The first-order valence-corrected chi connectivity index (χ1v) is 9.25. The van der Waals surface area contributed by atoms with Gasteiger partial charge in [-0.2, -0.15) is 4.98 Å². The molecule has 126 valence electrons. The van der Waals surface area contributed by atoms with Crippen LogP contribution >= 0.6 is 12.4 Å². The Morgan fingerprint density at radius 3 is 2.43 bits per heavy atom. The SMILES string of the molecule is CS(=O)(=O)CC1(Cc2nc(-c3ccc(CN)cc3)no2)CC1.Cl. The summed E-state index contributed by atoms with van der Waals surface area (Å²) in [6.45, 7) is 0.492. The molecule has 1 saturated carbocycles. The van der Waals surface area contributed by atoms with Crippen molar-refractivity contribution in [2.45, 2.75) is 25.8 Å². The molecule has 1 aromatic carbocycles. The smallest absolute Gasteiger partial charge is 0.227 e. The third kappa shape index (κ3) is 4.53. The van der Waals surface area contributed by atoms with Gasteiger partial charge in [0.15, 0.2) is 0 Å². The molecule has 0 saturated heterocycles. The molecule has 1 aliphatic rings. The number of sulfone groups is 1. The molecule has 0 atom stereocenters. The zero-order valence-corrected chi connectivity index (χ0v) is 14.5. The van der Waals surface area contributed by atoms with Crippen LogP contribution in [-0.4, -0.2) is 30.6 Å². The molecular formula is C15H20ClN3O3S. The van der Waals surface area contributed by atoms with Gasteiger partial charge in [0, 0.05) is 24.8 Å². The highest BCUT2D eigenvalue weighted by atomic mass is 35.5. The average Bonchev–Trinajstić information content (AvgIpc) is 3.03. The molecule has 23 heavy (non-hydrogen) atoms. The topological polar surface area (TPSA) is 99.1 Å². The summed E-state index contributed by atoms with van der Waals surface area (Å²) in [5, 5.41) is 3.98. The minimum absolute atomic E-state index is 0. The van der Waals surface area contributed by atoms with Gasteiger partial charge in [-0.25, -0.2) is 8.42 Å². The zero-order valence-electron chi connectivity index (χ0n) is 12.9. The van der Waals surface area contributed by atoms with Crippen molar-refractivity contribution in [1.29, 1.82) is 0 Å². The molecule has 6 nitrogen and oxygen atoms in total. The van der Waals surface area contributed by atoms with Gasteiger partial charge in [0.2, 0.25) is 11.7 Å². The molecule has 1 fully saturated rings. The van der Waals surface area contributed by atoms with Gasteiger partial charge >= 0.3 is 0 Å². The number of hydrogen-bond donors (Lipinski definition) is 1. The monoisotopic (exact) mass is 357 g/mol. The number of aromatic nitrogens is 2. The Morgan fingerprint density at radius 2 is 1.91 bits per heavy atom. The second kappa shape index (κ2) is 6.59. The van der Waals surface area contributed by atoms with Crippen molar-refractivity contribution in [1.82, 2.24) is 10.1 Å². The van der Waals surface area contributed by atoms with Crippen molar-refractivity contribution in [2.24, 2.45) is 11.1 Å². The van der Waals surface area contributed by atoms with E-state index in [1.165, 1.54) is 6.26 Å². The first kappa shape index (κ1) is 17.9. The predicted molar refractivity (Wildman–Crippen MR) is 90.0 cm³/mol. The summed E-state index contributed by atoms with van der Waals surface area (Å²) in [6.07, 6.45) is 3.57. The minimum atomic E-state index is -2.99. The number of halogens is 1. The fourth-order valence-electron chi connectivity index (χ4n) is 2.66. The Morgan fingerprint density at radius 1 is 1.26 bits per heavy atom. The molecule has 0 aliphatic heterocycles. The van der Waals surface area contributed by atoms with Gasteiger partial charge in [-0.15, -0.1) is 12.4 Å². The number of nitrogens with zero attached hydrogens (tertiary/aromatic N) is 2. The van der Waals surface area contributed by atoms with Crippen LogP contribution in [0, 0.1) is 5.41 Å². The molecule has 0 spiro atoms. The van der Waals surface area contributed by atoms with E-state index in [4.69, 9.17) is 10.3 Å². The lowest BCUT2D eigenvalue weighted by atomic mass is 10.1. The van der Waals surface area contributed by atoms with E-state index >= 15 is 0 Å². The third-order valence-corrected chi connectivity index (χ3v) is 5.10. The molecule has 2 aromatic rings. The molecule has 0 bridgehead atoms. The normalized spacial score (nSPS) is 15.9. The van der Waals surface area contributed by atoms with Crippen molar-refractivity contribution in [3.63, 3.8) is 0 Å². The molecule has 2 N–H and O–H groups in total. The molecule has 1 aromatic heterocycles. The summed E-state index contributed by atoms with van der Waals surface area (Å²) in [5.74, 6) is 1.20. The molecule has 1 heterocycles. The minimum Gasteiger partial charge on any atom is -0.339 e. The third-order valence-electron chi connectivity index (χ3n) is 3.97. The average molecular weight is 358 g/mol. The Hall–Kier alpha value is -1.44. The van der Waals surface area contributed by atoms with Gasteiger partial charge in [0.05, 0.1) is 5.75 Å². The van der Waals surface area contributed by atoms with E-state index in [0.717, 1.165) is 24.0 Å². The summed E-state index contributed by atoms with van der Waals surface area (Å²) in [5.41, 5.74) is 7.26. The number of benzene rings is 1. The lowest BCUT2D eigenvalue weighted by Gasteiger charge is -2.09. The van der Waals surface area contributed by atoms with Gasteiger partial charge in [-0.05, 0) is 23.8 Å². The molecule has 1 aliphatic carbocycles. The van der Waals surface area contributed by atoms with Gasteiger partial charge in [-0.3, -0.25) is 0 Å². The Kier molecular flexibility index (Phi) is 5.13. The van der Waals surface area contributed by atoms with E-state index in [9.17, 15) is 8.42 Å². The van der Waals surface area contributed by atoms with Crippen molar-refractivity contribution < 1.29 is 12.9 Å². The standard InChI is InChI=1S/C15H19N3O3S.ClH/c1-22(19,20)10-15(6-7-15)8-13-17-14(18-21-13)12-4-2-11(9-16)3-5-12;/h2-5H,6-10,16H2,1H3;1H. The molecule has 3 rings (SSSR count). The van der Waals surface area contributed by atoms with E-state index in [2.05, 4.69) is 10.1 Å². The highest BCUT2D eigenvalue weighted by molar-refractivity contribution is 7.90. The van der Waals surface area contributed by atoms with Crippen LogP contribution in [0.25, 0.3) is 11.4 Å². The van der Waals surface area contributed by atoms with E-state index in [-0.39, 0.29) is 23.6 Å². The van der Waals surface area contributed by atoms with Gasteiger partial charge < -0.3 is 10.3 Å². The van der Waals surface area contributed by atoms with E-state index in [1.54, 1.807) is 0 Å². The van der Waals surface area contributed by atoms with Gasteiger partial charge in [0.1, 0.15) is 9.84 Å². The molecule has 0 amide bonds. The fourth-order valence-corrected chi connectivity index (χ4v) is 4.16. The van der Waals surface area contributed by atoms with Gasteiger partial charge in [0.25, 0.3) is 0 Å². The summed E-state index contributed by atoms with van der Waals surface area (Å²) in [4.78, 5) is 4.39. The van der Waals surface area contributed by atoms with E-state index in [0.29, 0.717) is 24.7 Å². The van der Waals surface area contributed by atoms with Crippen molar-refractivity contribution in [3.8, 4) is 11.4 Å². The molecule has 0 unspecified atom stereocenters. The lowest BCUT2D eigenvalue weighted by Crippen LogP contribution is -2.18. The van der Waals surface area contributed by atoms with Crippen LogP contribution in [0.1, 0.15) is 24.3 Å². The maximum Gasteiger partial charge on any atom is 0.227 e. The quantitative estimate of drug-likeness (QED) is 0.848. The number of hydrogen-bond acceptors (Lipinski definition) is 6. The Labute approximate surface area is 141 Å². The highest BCUT2D eigenvalue weighted by Gasteiger charge is 2.46. The van der Waals surface area contributed by atoms with Crippen LogP contribution in [0.15, 0.2) is 28.8 Å². The fraction of sp³-hybridized carbons (Fsp3) is 0.467.